The Morgan fingerprint density at radius 3 is 1.42 bits per heavy atom. The van der Waals surface area contributed by atoms with Gasteiger partial charge in [-0.1, -0.05) is 161 Å². The van der Waals surface area contributed by atoms with Crippen LogP contribution in [0, 0.1) is 0 Å². The Morgan fingerprint density at radius 2 is 0.980 bits per heavy atom. The number of phosphoric acid groups is 1. The van der Waals surface area contributed by atoms with Gasteiger partial charge in [-0.05, 0) is 38.5 Å². The van der Waals surface area contributed by atoms with Crippen LogP contribution in [-0.4, -0.2) is 49.3 Å². The minimum absolute atomic E-state index is 0.0547. The highest BCUT2D eigenvalue weighted by Gasteiger charge is 2.26. The van der Waals surface area contributed by atoms with Gasteiger partial charge in [-0.15, -0.1) is 0 Å². The van der Waals surface area contributed by atoms with Crippen molar-refractivity contribution in [3.63, 3.8) is 0 Å². The van der Waals surface area contributed by atoms with E-state index in [2.05, 4.69) is 26.0 Å². The average Bonchev–Trinajstić information content (AvgIpc) is 3.10. The second kappa shape index (κ2) is 37.5. The van der Waals surface area contributed by atoms with Crippen molar-refractivity contribution in [2.75, 3.05) is 26.4 Å². The molecule has 0 bridgehead atoms. The lowest BCUT2D eigenvalue weighted by atomic mass is 10.0. The molecule has 0 amide bonds. The number of hydrogen-bond acceptors (Lipinski definition) is 8. The first kappa shape index (κ1) is 48.8. The molecule has 9 nitrogen and oxygen atoms in total. The molecule has 2 atom stereocenters. The fraction of sp³-hybridized carbons (Fsp3) is 0.900. The van der Waals surface area contributed by atoms with Gasteiger partial charge in [0.2, 0.25) is 0 Å². The Bertz CT molecular complexity index is 840. The van der Waals surface area contributed by atoms with Crippen molar-refractivity contribution in [1.29, 1.82) is 0 Å². The fourth-order valence-electron chi connectivity index (χ4n) is 5.81. The first-order chi connectivity index (χ1) is 24.3. The highest BCUT2D eigenvalue weighted by Crippen LogP contribution is 2.43. The van der Waals surface area contributed by atoms with Crippen LogP contribution in [0.15, 0.2) is 12.2 Å². The van der Waals surface area contributed by atoms with Crippen LogP contribution in [0.1, 0.15) is 200 Å². The summed E-state index contributed by atoms with van der Waals surface area (Å²) in [5.41, 5.74) is 5.34. The molecule has 0 aliphatic heterocycles. The molecule has 0 spiro atoms. The van der Waals surface area contributed by atoms with E-state index in [1.54, 1.807) is 0 Å². The first-order valence-corrected chi connectivity index (χ1v) is 22.2. The van der Waals surface area contributed by atoms with Crippen LogP contribution in [0.4, 0.5) is 0 Å². The Hall–Kier alpha value is -1.25. The van der Waals surface area contributed by atoms with E-state index in [9.17, 15) is 19.0 Å². The lowest BCUT2D eigenvalue weighted by Gasteiger charge is -2.19. The summed E-state index contributed by atoms with van der Waals surface area (Å²) in [5.74, 6) is -0.830. The molecular formula is C40H78NO8P. The van der Waals surface area contributed by atoms with Crippen LogP contribution >= 0.6 is 7.82 Å². The number of hydrogen-bond donors (Lipinski definition) is 2. The minimum atomic E-state index is -4.37. The largest absolute Gasteiger partial charge is 0.472 e. The van der Waals surface area contributed by atoms with Gasteiger partial charge in [0.1, 0.15) is 6.61 Å². The van der Waals surface area contributed by atoms with Gasteiger partial charge in [-0.3, -0.25) is 18.6 Å². The van der Waals surface area contributed by atoms with E-state index in [1.165, 1.54) is 116 Å². The summed E-state index contributed by atoms with van der Waals surface area (Å²) in [4.78, 5) is 34.8. The first-order valence-electron chi connectivity index (χ1n) is 20.7. The van der Waals surface area contributed by atoms with Crippen LogP contribution < -0.4 is 5.73 Å². The molecule has 296 valence electrons. The molecule has 0 fully saturated rings. The van der Waals surface area contributed by atoms with E-state index < -0.39 is 26.5 Å². The van der Waals surface area contributed by atoms with E-state index in [0.717, 1.165) is 51.4 Å². The molecule has 0 radical (unpaired) electrons. The van der Waals surface area contributed by atoms with Gasteiger partial charge in [0, 0.05) is 19.4 Å². The Kier molecular flexibility index (Phi) is 36.6. The summed E-state index contributed by atoms with van der Waals surface area (Å²) >= 11 is 0. The number of esters is 2. The zero-order chi connectivity index (χ0) is 36.8. The molecule has 10 heteroatoms. The lowest BCUT2D eigenvalue weighted by molar-refractivity contribution is -0.161. The number of allylic oxidation sites excluding steroid dienone is 2. The molecule has 50 heavy (non-hydrogen) atoms. The smallest absolute Gasteiger partial charge is 0.462 e. The van der Waals surface area contributed by atoms with Crippen molar-refractivity contribution >= 4 is 19.8 Å². The highest BCUT2D eigenvalue weighted by atomic mass is 31.2. The van der Waals surface area contributed by atoms with Crippen molar-refractivity contribution in [3.8, 4) is 0 Å². The molecule has 3 N–H and O–H groups in total. The molecule has 0 saturated carbocycles. The van der Waals surface area contributed by atoms with Crippen molar-refractivity contribution in [3.05, 3.63) is 12.2 Å². The van der Waals surface area contributed by atoms with Gasteiger partial charge in [0.15, 0.2) is 6.10 Å². The fourth-order valence-corrected chi connectivity index (χ4v) is 6.57. The van der Waals surface area contributed by atoms with Crippen molar-refractivity contribution in [1.82, 2.24) is 0 Å². The second-order valence-electron chi connectivity index (χ2n) is 13.9. The van der Waals surface area contributed by atoms with Crippen molar-refractivity contribution in [2.24, 2.45) is 5.73 Å². The molecule has 0 saturated heterocycles. The van der Waals surface area contributed by atoms with E-state index in [1.807, 2.05) is 0 Å². The maximum Gasteiger partial charge on any atom is 0.472 e. The van der Waals surface area contributed by atoms with Gasteiger partial charge in [-0.25, -0.2) is 4.57 Å². The summed E-state index contributed by atoms with van der Waals surface area (Å²) in [6, 6.07) is 0. The number of phosphoric ester groups is 1. The van der Waals surface area contributed by atoms with E-state index >= 15 is 0 Å². The number of ether oxygens (including phenoxy) is 2. The van der Waals surface area contributed by atoms with Crippen LogP contribution in [-0.2, 0) is 32.7 Å². The van der Waals surface area contributed by atoms with E-state index in [4.69, 9.17) is 24.3 Å². The number of nitrogens with two attached hydrogens (primary N) is 1. The molecule has 0 aromatic heterocycles. The third-order valence-electron chi connectivity index (χ3n) is 8.90. The van der Waals surface area contributed by atoms with Crippen LogP contribution in [0.2, 0.25) is 0 Å². The van der Waals surface area contributed by atoms with Crippen molar-refractivity contribution < 1.29 is 37.6 Å². The monoisotopic (exact) mass is 732 g/mol. The molecular weight excluding hydrogens is 653 g/mol. The molecule has 0 aliphatic rings. The number of carbonyl (C=O) groups excluding carboxylic acids is 2. The van der Waals surface area contributed by atoms with Gasteiger partial charge in [0.25, 0.3) is 0 Å². The summed E-state index contributed by atoms with van der Waals surface area (Å²) in [5, 5.41) is 0. The third-order valence-corrected chi connectivity index (χ3v) is 9.89. The Balaban J connectivity index is 4.17. The Labute approximate surface area is 307 Å². The summed E-state index contributed by atoms with van der Waals surface area (Å²) in [6.07, 6.45) is 36.6. The predicted octanol–water partition coefficient (Wildman–Crippen LogP) is 11.4. The summed E-state index contributed by atoms with van der Waals surface area (Å²) in [7, 11) is -4.37. The maximum atomic E-state index is 12.5. The van der Waals surface area contributed by atoms with Crippen LogP contribution in [0.3, 0.4) is 0 Å². The van der Waals surface area contributed by atoms with Gasteiger partial charge >= 0.3 is 19.8 Å². The topological polar surface area (TPSA) is 134 Å². The standard InChI is InChI=1S/C40H78NO8P/c1-3-5-7-9-11-13-15-17-18-19-21-23-25-27-29-31-33-40(43)49-38(37-48-50(44,45)47-35-34-41)36-46-39(42)32-30-28-26-24-22-20-16-14-12-10-8-6-4-2/h18-19,38H,3-17,20-37,41H2,1-2H3,(H,44,45)/b19-18-/t38-/m1/s1. The number of carbonyl (C=O) groups is 2. The van der Waals surface area contributed by atoms with E-state index in [0.29, 0.717) is 6.42 Å². The number of rotatable bonds is 39. The normalized spacial score (nSPS) is 13.4. The minimum Gasteiger partial charge on any atom is -0.462 e. The quantitative estimate of drug-likeness (QED) is 0.0274. The predicted molar refractivity (Wildman–Crippen MR) is 206 cm³/mol. The van der Waals surface area contributed by atoms with Gasteiger partial charge in [0.05, 0.1) is 13.2 Å². The Morgan fingerprint density at radius 1 is 0.580 bits per heavy atom. The summed E-state index contributed by atoms with van der Waals surface area (Å²) < 4.78 is 32.7. The average molecular weight is 732 g/mol. The van der Waals surface area contributed by atoms with Crippen molar-refractivity contribution in [2.45, 2.75) is 206 Å². The molecule has 0 aromatic rings. The second-order valence-corrected chi connectivity index (χ2v) is 15.3. The van der Waals surface area contributed by atoms with Gasteiger partial charge < -0.3 is 20.1 Å². The molecule has 1 unspecified atom stereocenters. The lowest BCUT2D eigenvalue weighted by Crippen LogP contribution is -2.29. The third kappa shape index (κ3) is 36.5. The number of unbranched alkanes of at least 4 members (excludes halogenated alkanes) is 24. The van der Waals surface area contributed by atoms with Gasteiger partial charge in [-0.2, -0.15) is 0 Å². The zero-order valence-electron chi connectivity index (χ0n) is 32.4. The van der Waals surface area contributed by atoms with Crippen LogP contribution in [0.5, 0.6) is 0 Å². The SMILES string of the molecule is CCCCCCCCC/C=C\CCCCCCCC(=O)O[C@H](COC(=O)CCCCCCCCCCCCCCC)COP(=O)(O)OCCN. The zero-order valence-corrected chi connectivity index (χ0v) is 33.3. The highest BCUT2D eigenvalue weighted by molar-refractivity contribution is 7.47. The molecule has 0 rings (SSSR count). The summed E-state index contributed by atoms with van der Waals surface area (Å²) in [6.45, 7) is 3.73. The maximum absolute atomic E-state index is 12.5. The molecule has 0 aromatic carbocycles. The van der Waals surface area contributed by atoms with E-state index in [-0.39, 0.29) is 38.6 Å². The molecule has 0 heterocycles. The molecule has 0 aliphatic carbocycles. The van der Waals surface area contributed by atoms with Crippen LogP contribution in [0.25, 0.3) is 0 Å².